The minimum atomic E-state index is -0.177. The lowest BCUT2D eigenvalue weighted by molar-refractivity contribution is 0.277. The van der Waals surface area contributed by atoms with Gasteiger partial charge in [0.25, 0.3) is 0 Å². The molecule has 0 saturated heterocycles. The summed E-state index contributed by atoms with van der Waals surface area (Å²) < 4.78 is 6.97. The van der Waals surface area contributed by atoms with Gasteiger partial charge < -0.3 is 15.0 Å². The quantitative estimate of drug-likeness (QED) is 0.699. The fourth-order valence-electron chi connectivity index (χ4n) is 3.82. The molecule has 0 unspecified atom stereocenters. The van der Waals surface area contributed by atoms with E-state index in [4.69, 9.17) is 10.00 Å². The number of hydrogen-bond donors (Lipinski definition) is 2. The molecule has 0 radical (unpaired) electrons. The molecular weight excluding hydrogens is 358 g/mol. The van der Waals surface area contributed by atoms with Crippen molar-refractivity contribution in [3.05, 3.63) is 35.0 Å². The number of nitriles is 1. The van der Waals surface area contributed by atoms with Gasteiger partial charge in [-0.3, -0.25) is 4.57 Å². The molecule has 1 saturated carbocycles. The lowest BCUT2D eigenvalue weighted by atomic mass is 9.84. The van der Waals surface area contributed by atoms with Crippen molar-refractivity contribution in [1.29, 1.82) is 5.26 Å². The fourth-order valence-corrected chi connectivity index (χ4v) is 3.82. The third-order valence-corrected chi connectivity index (χ3v) is 5.23. The number of nitrogens with one attached hydrogen (secondary N) is 2. The number of aromatic nitrogens is 5. The van der Waals surface area contributed by atoms with Crippen LogP contribution in [0.1, 0.15) is 38.1 Å². The van der Waals surface area contributed by atoms with Crippen LogP contribution in [0.15, 0.2) is 29.3 Å². The zero-order valence-electron chi connectivity index (χ0n) is 15.6. The van der Waals surface area contributed by atoms with Crippen LogP contribution in [-0.2, 0) is 0 Å². The number of ether oxygens (including phenoxy) is 1. The van der Waals surface area contributed by atoms with Crippen molar-refractivity contribution < 1.29 is 4.74 Å². The molecule has 0 atom stereocenters. The van der Waals surface area contributed by atoms with Gasteiger partial charge in [-0.25, -0.2) is 14.8 Å². The maximum Gasteiger partial charge on any atom is 0.327 e. The monoisotopic (exact) mass is 379 g/mol. The summed E-state index contributed by atoms with van der Waals surface area (Å²) in [7, 11) is 1.55. The highest BCUT2D eigenvalue weighted by atomic mass is 16.5. The van der Waals surface area contributed by atoms with Gasteiger partial charge >= 0.3 is 5.69 Å². The van der Waals surface area contributed by atoms with Gasteiger partial charge in [0.15, 0.2) is 5.65 Å². The summed E-state index contributed by atoms with van der Waals surface area (Å²) in [5.41, 5.74) is 1.65. The van der Waals surface area contributed by atoms with Crippen molar-refractivity contribution in [2.75, 3.05) is 12.4 Å². The standard InChI is InChI=1S/C19H21N7O2/c1-28-17-14(3-2-10-21-17)23-18-22-11-15-16(25-18)26(19(27)24-15)13-6-4-12(5-7-13)8-9-20/h2-3,10-13H,4-8H2,1H3,(H,24,27)(H,22,23,25). The molecule has 1 aliphatic carbocycles. The largest absolute Gasteiger partial charge is 0.480 e. The Hall–Kier alpha value is -3.41. The normalized spacial score (nSPS) is 19.3. The van der Waals surface area contributed by atoms with E-state index in [9.17, 15) is 4.79 Å². The number of pyridine rings is 1. The molecule has 3 aromatic rings. The summed E-state index contributed by atoms with van der Waals surface area (Å²) in [5.74, 6) is 1.23. The molecule has 0 aromatic carbocycles. The lowest BCUT2D eigenvalue weighted by Crippen LogP contribution is -2.26. The molecule has 28 heavy (non-hydrogen) atoms. The average Bonchev–Trinajstić information content (AvgIpc) is 3.04. The second-order valence-corrected chi connectivity index (χ2v) is 6.95. The first-order valence-electron chi connectivity index (χ1n) is 9.30. The molecule has 0 amide bonds. The zero-order chi connectivity index (χ0) is 19.5. The Morgan fingerprint density at radius 2 is 2.18 bits per heavy atom. The fraction of sp³-hybridized carbons (Fsp3) is 0.421. The van der Waals surface area contributed by atoms with Crippen LogP contribution in [0.25, 0.3) is 11.2 Å². The number of hydrogen-bond acceptors (Lipinski definition) is 7. The number of nitrogens with zero attached hydrogens (tertiary/aromatic N) is 5. The van der Waals surface area contributed by atoms with Crippen molar-refractivity contribution in [2.45, 2.75) is 38.1 Å². The molecule has 4 rings (SSSR count). The SMILES string of the molecule is COc1ncccc1Nc1ncc2[nH]c(=O)n(C3CCC(CC#N)CC3)c2n1. The van der Waals surface area contributed by atoms with Crippen LogP contribution in [0.5, 0.6) is 5.88 Å². The summed E-state index contributed by atoms with van der Waals surface area (Å²) in [4.78, 5) is 28.4. The van der Waals surface area contributed by atoms with Gasteiger partial charge in [0, 0.05) is 18.7 Å². The second-order valence-electron chi connectivity index (χ2n) is 6.95. The van der Waals surface area contributed by atoms with Crippen LogP contribution < -0.4 is 15.7 Å². The van der Waals surface area contributed by atoms with Gasteiger partial charge in [0.2, 0.25) is 11.8 Å². The van der Waals surface area contributed by atoms with Crippen LogP contribution >= 0.6 is 0 Å². The number of H-pyrrole nitrogens is 1. The highest BCUT2D eigenvalue weighted by molar-refractivity contribution is 5.72. The first kappa shape index (κ1) is 18.0. The summed E-state index contributed by atoms with van der Waals surface area (Å²) in [6, 6.07) is 5.93. The molecular formula is C19H21N7O2. The van der Waals surface area contributed by atoms with Crippen LogP contribution in [0.2, 0.25) is 0 Å². The molecule has 9 heteroatoms. The van der Waals surface area contributed by atoms with E-state index >= 15 is 0 Å². The maximum absolute atomic E-state index is 12.6. The number of imidazole rings is 1. The first-order valence-corrected chi connectivity index (χ1v) is 9.30. The third kappa shape index (κ3) is 3.41. The Morgan fingerprint density at radius 3 is 2.93 bits per heavy atom. The molecule has 3 aromatic heterocycles. The van der Waals surface area contributed by atoms with E-state index in [1.54, 1.807) is 30.1 Å². The van der Waals surface area contributed by atoms with Crippen LogP contribution in [0, 0.1) is 17.2 Å². The molecule has 2 N–H and O–H groups in total. The Morgan fingerprint density at radius 1 is 1.36 bits per heavy atom. The Balaban J connectivity index is 1.64. The minimum absolute atomic E-state index is 0.0758. The van der Waals surface area contributed by atoms with E-state index in [0.717, 1.165) is 25.7 Å². The molecule has 0 bridgehead atoms. The van der Waals surface area contributed by atoms with Gasteiger partial charge in [-0.2, -0.15) is 10.2 Å². The highest BCUT2D eigenvalue weighted by Crippen LogP contribution is 2.34. The van der Waals surface area contributed by atoms with E-state index < -0.39 is 0 Å². The van der Waals surface area contributed by atoms with E-state index in [2.05, 4.69) is 31.3 Å². The number of anilines is 2. The number of aromatic amines is 1. The smallest absolute Gasteiger partial charge is 0.327 e. The molecule has 3 heterocycles. The molecule has 9 nitrogen and oxygen atoms in total. The Labute approximate surface area is 161 Å². The Kier molecular flexibility index (Phi) is 4.93. The highest BCUT2D eigenvalue weighted by Gasteiger charge is 2.25. The van der Waals surface area contributed by atoms with Crippen molar-refractivity contribution in [1.82, 2.24) is 24.5 Å². The summed E-state index contributed by atoms with van der Waals surface area (Å²) in [5, 5.41) is 12.0. The average molecular weight is 379 g/mol. The predicted molar refractivity (Wildman–Crippen MR) is 103 cm³/mol. The van der Waals surface area contributed by atoms with Crippen LogP contribution in [0.4, 0.5) is 11.6 Å². The van der Waals surface area contributed by atoms with Crippen LogP contribution in [0.3, 0.4) is 0 Å². The van der Waals surface area contributed by atoms with Gasteiger partial charge in [0.1, 0.15) is 11.2 Å². The first-order chi connectivity index (χ1) is 13.7. The van der Waals surface area contributed by atoms with Gasteiger partial charge in [-0.05, 0) is 43.7 Å². The van der Waals surface area contributed by atoms with Crippen molar-refractivity contribution >= 4 is 22.8 Å². The molecule has 0 spiro atoms. The van der Waals surface area contributed by atoms with E-state index in [1.165, 1.54) is 0 Å². The van der Waals surface area contributed by atoms with Gasteiger partial charge in [-0.15, -0.1) is 0 Å². The Bertz CT molecular complexity index is 1070. The van der Waals surface area contributed by atoms with E-state index in [1.807, 2.05) is 6.07 Å². The summed E-state index contributed by atoms with van der Waals surface area (Å²) >= 11 is 0. The van der Waals surface area contributed by atoms with E-state index in [0.29, 0.717) is 41.0 Å². The molecule has 144 valence electrons. The minimum Gasteiger partial charge on any atom is -0.480 e. The molecule has 1 fully saturated rings. The third-order valence-electron chi connectivity index (χ3n) is 5.23. The second kappa shape index (κ2) is 7.68. The lowest BCUT2D eigenvalue weighted by Gasteiger charge is -2.27. The number of rotatable bonds is 5. The predicted octanol–water partition coefficient (Wildman–Crippen LogP) is 2.91. The van der Waals surface area contributed by atoms with Crippen molar-refractivity contribution in [3.63, 3.8) is 0 Å². The maximum atomic E-state index is 12.6. The number of methoxy groups -OCH3 is 1. The van der Waals surface area contributed by atoms with E-state index in [-0.39, 0.29) is 11.7 Å². The van der Waals surface area contributed by atoms with Gasteiger partial charge in [-0.1, -0.05) is 0 Å². The molecule has 1 aliphatic rings. The zero-order valence-corrected chi connectivity index (χ0v) is 15.6. The summed E-state index contributed by atoms with van der Waals surface area (Å²) in [6.07, 6.45) is 7.44. The van der Waals surface area contributed by atoms with Crippen molar-refractivity contribution in [2.24, 2.45) is 5.92 Å². The van der Waals surface area contributed by atoms with Gasteiger partial charge in [0.05, 0.1) is 19.4 Å². The molecule has 0 aliphatic heterocycles. The van der Waals surface area contributed by atoms with Crippen LogP contribution in [-0.4, -0.2) is 31.6 Å². The van der Waals surface area contributed by atoms with Crippen molar-refractivity contribution in [3.8, 4) is 11.9 Å². The number of fused-ring (bicyclic) bond motifs is 1. The summed E-state index contributed by atoms with van der Waals surface area (Å²) in [6.45, 7) is 0. The topological polar surface area (TPSA) is 122 Å².